The molecule has 0 bridgehead atoms. The van der Waals surface area contributed by atoms with Crippen molar-refractivity contribution in [3.05, 3.63) is 51.3 Å². The number of hydrogen-bond acceptors (Lipinski definition) is 7. The molecule has 9 nitrogen and oxygen atoms in total. The van der Waals surface area contributed by atoms with Crippen molar-refractivity contribution in [3.63, 3.8) is 0 Å². The third-order valence-corrected chi connectivity index (χ3v) is 3.72. The third-order valence-electron chi connectivity index (χ3n) is 3.72. The van der Waals surface area contributed by atoms with Crippen LogP contribution in [-0.2, 0) is 11.3 Å². The molecule has 0 saturated carbocycles. The SMILES string of the molecule is CCOC(=O)c1ccc(OC[C@H](O)Cn2nc(C)c([N+](=O)[O-])c2C)cc1. The molecule has 9 heteroatoms. The van der Waals surface area contributed by atoms with Gasteiger partial charge < -0.3 is 14.6 Å². The molecule has 0 amide bonds. The normalized spacial score (nSPS) is 11.8. The van der Waals surface area contributed by atoms with Gasteiger partial charge in [-0.2, -0.15) is 5.10 Å². The zero-order chi connectivity index (χ0) is 19.3. The molecule has 26 heavy (non-hydrogen) atoms. The van der Waals surface area contributed by atoms with E-state index in [-0.39, 0.29) is 18.8 Å². The van der Waals surface area contributed by atoms with Crippen LogP contribution < -0.4 is 4.74 Å². The number of carbonyl (C=O) groups is 1. The first-order chi connectivity index (χ1) is 12.3. The van der Waals surface area contributed by atoms with E-state index in [1.807, 2.05) is 0 Å². The number of aromatic nitrogens is 2. The van der Waals surface area contributed by atoms with E-state index in [2.05, 4.69) is 5.10 Å². The second kappa shape index (κ2) is 8.43. The fourth-order valence-corrected chi connectivity index (χ4v) is 2.48. The van der Waals surface area contributed by atoms with E-state index in [0.29, 0.717) is 29.3 Å². The Balaban J connectivity index is 1.93. The maximum absolute atomic E-state index is 11.6. The van der Waals surface area contributed by atoms with Gasteiger partial charge in [0.1, 0.15) is 29.8 Å². The van der Waals surface area contributed by atoms with Gasteiger partial charge in [0.25, 0.3) is 0 Å². The van der Waals surface area contributed by atoms with Crippen LogP contribution in [-0.4, -0.2) is 45.1 Å². The molecule has 1 N–H and O–H groups in total. The van der Waals surface area contributed by atoms with Crippen LogP contribution >= 0.6 is 0 Å². The van der Waals surface area contributed by atoms with Crippen molar-refractivity contribution in [2.75, 3.05) is 13.2 Å². The Morgan fingerprint density at radius 1 is 1.35 bits per heavy atom. The predicted molar refractivity (Wildman–Crippen MR) is 92.3 cm³/mol. The summed E-state index contributed by atoms with van der Waals surface area (Å²) in [5, 5.41) is 25.2. The largest absolute Gasteiger partial charge is 0.491 e. The summed E-state index contributed by atoms with van der Waals surface area (Å²) in [7, 11) is 0. The zero-order valence-corrected chi connectivity index (χ0v) is 14.8. The lowest BCUT2D eigenvalue weighted by molar-refractivity contribution is -0.386. The Bertz CT molecular complexity index is 785. The minimum atomic E-state index is -0.905. The maximum atomic E-state index is 11.6. The highest BCUT2D eigenvalue weighted by molar-refractivity contribution is 5.89. The number of ether oxygens (including phenoxy) is 2. The number of carbonyl (C=O) groups excluding carboxylic acids is 1. The molecule has 1 aromatic heterocycles. The van der Waals surface area contributed by atoms with E-state index in [1.165, 1.54) is 4.68 Å². The number of rotatable bonds is 8. The minimum Gasteiger partial charge on any atom is -0.491 e. The molecule has 2 aromatic rings. The molecule has 0 aliphatic heterocycles. The van der Waals surface area contributed by atoms with E-state index in [1.54, 1.807) is 45.0 Å². The van der Waals surface area contributed by atoms with Crippen LogP contribution in [0, 0.1) is 24.0 Å². The highest BCUT2D eigenvalue weighted by Crippen LogP contribution is 2.22. The molecule has 1 atom stereocenters. The van der Waals surface area contributed by atoms with Gasteiger partial charge in [0.05, 0.1) is 23.6 Å². The second-order valence-electron chi connectivity index (χ2n) is 5.67. The van der Waals surface area contributed by atoms with Crippen molar-refractivity contribution in [2.45, 2.75) is 33.4 Å². The quantitative estimate of drug-likeness (QED) is 0.433. The first kappa shape index (κ1) is 19.4. The van der Waals surface area contributed by atoms with Crippen molar-refractivity contribution in [3.8, 4) is 5.75 Å². The molecule has 1 aromatic carbocycles. The summed E-state index contributed by atoms with van der Waals surface area (Å²) < 4.78 is 11.8. The number of aliphatic hydroxyl groups excluding tert-OH is 1. The monoisotopic (exact) mass is 363 g/mol. The summed E-state index contributed by atoms with van der Waals surface area (Å²) in [6, 6.07) is 6.36. The van der Waals surface area contributed by atoms with Gasteiger partial charge >= 0.3 is 11.7 Å². The number of nitrogens with zero attached hydrogens (tertiary/aromatic N) is 3. The van der Waals surface area contributed by atoms with Gasteiger partial charge in [-0.15, -0.1) is 0 Å². The molecule has 0 saturated heterocycles. The molecule has 140 valence electrons. The maximum Gasteiger partial charge on any atom is 0.338 e. The van der Waals surface area contributed by atoms with Crippen LogP contribution in [0.25, 0.3) is 0 Å². The van der Waals surface area contributed by atoms with Gasteiger partial charge in [-0.25, -0.2) is 4.79 Å². The van der Waals surface area contributed by atoms with Crippen molar-refractivity contribution in [1.29, 1.82) is 0 Å². The highest BCUT2D eigenvalue weighted by Gasteiger charge is 2.23. The molecule has 0 radical (unpaired) electrons. The van der Waals surface area contributed by atoms with Crippen molar-refractivity contribution in [1.82, 2.24) is 9.78 Å². The first-order valence-corrected chi connectivity index (χ1v) is 8.10. The molecule has 1 heterocycles. The van der Waals surface area contributed by atoms with Gasteiger partial charge in [-0.05, 0) is 45.0 Å². The Hall–Kier alpha value is -2.94. The zero-order valence-electron chi connectivity index (χ0n) is 14.8. The van der Waals surface area contributed by atoms with Crippen molar-refractivity contribution in [2.24, 2.45) is 0 Å². The molecule has 2 rings (SSSR count). The lowest BCUT2D eigenvalue weighted by Crippen LogP contribution is -2.24. The summed E-state index contributed by atoms with van der Waals surface area (Å²) >= 11 is 0. The van der Waals surface area contributed by atoms with E-state index in [4.69, 9.17) is 9.47 Å². The molecule has 0 aliphatic rings. The predicted octanol–water partition coefficient (Wildman–Crippen LogP) is 2.02. The summed E-state index contributed by atoms with van der Waals surface area (Å²) in [5.74, 6) is 0.0710. The summed E-state index contributed by atoms with van der Waals surface area (Å²) in [4.78, 5) is 22.1. The van der Waals surface area contributed by atoms with Crippen LogP contribution in [0.1, 0.15) is 28.7 Å². The summed E-state index contributed by atoms with van der Waals surface area (Å²) in [6.07, 6.45) is -0.905. The van der Waals surface area contributed by atoms with E-state index >= 15 is 0 Å². The van der Waals surface area contributed by atoms with Gasteiger partial charge in [0.2, 0.25) is 0 Å². The Morgan fingerprint density at radius 3 is 2.54 bits per heavy atom. The third kappa shape index (κ3) is 4.57. The topological polar surface area (TPSA) is 117 Å². The molecular formula is C17H21N3O6. The highest BCUT2D eigenvalue weighted by atomic mass is 16.6. The van der Waals surface area contributed by atoms with Crippen LogP contribution in [0.5, 0.6) is 5.75 Å². The number of nitro groups is 1. The van der Waals surface area contributed by atoms with Gasteiger partial charge in [-0.3, -0.25) is 14.8 Å². The van der Waals surface area contributed by atoms with Gasteiger partial charge in [0, 0.05) is 0 Å². The molecule has 0 fully saturated rings. The molecular weight excluding hydrogens is 342 g/mol. The van der Waals surface area contributed by atoms with E-state index in [0.717, 1.165) is 0 Å². The lowest BCUT2D eigenvalue weighted by Gasteiger charge is -2.13. The first-order valence-electron chi connectivity index (χ1n) is 8.10. The Kier molecular flexibility index (Phi) is 6.29. The van der Waals surface area contributed by atoms with Crippen LogP contribution in [0.3, 0.4) is 0 Å². The second-order valence-corrected chi connectivity index (χ2v) is 5.67. The standard InChI is InChI=1S/C17H21N3O6/c1-4-25-17(22)13-5-7-15(8-6-13)26-10-14(21)9-19-12(3)16(20(23)24)11(2)18-19/h5-8,14,21H,4,9-10H2,1-3H3/t14-/m1/s1. The average molecular weight is 363 g/mol. The fourth-order valence-electron chi connectivity index (χ4n) is 2.48. The van der Waals surface area contributed by atoms with Gasteiger partial charge in [0.15, 0.2) is 0 Å². The number of hydrogen-bond donors (Lipinski definition) is 1. The van der Waals surface area contributed by atoms with Crippen LogP contribution in [0.2, 0.25) is 0 Å². The van der Waals surface area contributed by atoms with Crippen LogP contribution in [0.4, 0.5) is 5.69 Å². The number of aliphatic hydroxyl groups is 1. The lowest BCUT2D eigenvalue weighted by atomic mass is 10.2. The van der Waals surface area contributed by atoms with Gasteiger partial charge in [-0.1, -0.05) is 0 Å². The molecule has 0 aliphatic carbocycles. The van der Waals surface area contributed by atoms with Crippen molar-refractivity contribution >= 4 is 11.7 Å². The summed E-state index contributed by atoms with van der Waals surface area (Å²) in [5.41, 5.74) is 1.04. The number of esters is 1. The molecule has 0 unspecified atom stereocenters. The average Bonchev–Trinajstić information content (AvgIpc) is 2.87. The Morgan fingerprint density at radius 2 is 2.00 bits per heavy atom. The fraction of sp³-hybridized carbons (Fsp3) is 0.412. The van der Waals surface area contributed by atoms with E-state index < -0.39 is 17.0 Å². The van der Waals surface area contributed by atoms with Crippen molar-refractivity contribution < 1.29 is 24.3 Å². The number of aryl methyl sites for hydroxylation is 1. The smallest absolute Gasteiger partial charge is 0.338 e. The minimum absolute atomic E-state index is 0.0229. The van der Waals surface area contributed by atoms with E-state index in [9.17, 15) is 20.0 Å². The number of benzene rings is 1. The molecule has 0 spiro atoms. The summed E-state index contributed by atoms with van der Waals surface area (Å²) in [6.45, 7) is 5.21. The van der Waals surface area contributed by atoms with Crippen LogP contribution in [0.15, 0.2) is 24.3 Å². The Labute approximate surface area is 150 Å².